The number of allylic oxidation sites excluding steroid dienone is 1. The zero-order chi connectivity index (χ0) is 10.4. The van der Waals surface area contributed by atoms with Crippen LogP contribution in [0.2, 0.25) is 0 Å². The molecule has 1 amide bonds. The lowest BCUT2D eigenvalue weighted by Crippen LogP contribution is -2.23. The van der Waals surface area contributed by atoms with Crippen molar-refractivity contribution in [2.75, 3.05) is 12.4 Å². The molecule has 0 aliphatic carbocycles. The second-order valence-electron chi connectivity index (χ2n) is 2.60. The molecule has 0 aromatic carbocycles. The maximum absolute atomic E-state index is 11.4. The predicted molar refractivity (Wildman–Crippen MR) is 53.4 cm³/mol. The lowest BCUT2D eigenvalue weighted by molar-refractivity contribution is 0.0929. The second-order valence-corrected chi connectivity index (χ2v) is 2.91. The molecule has 4 nitrogen and oxygen atoms in total. The Balaban J connectivity index is 2.44. The number of aromatic nitrogens is 1. The fraction of sp³-hybridized carbons (Fsp3) is 0.333. The van der Waals surface area contributed by atoms with Crippen molar-refractivity contribution >= 4 is 17.5 Å². The summed E-state index contributed by atoms with van der Waals surface area (Å²) >= 11 is 5.41. The number of nitrogens with zero attached hydrogens (tertiary/aromatic N) is 1. The zero-order valence-corrected chi connectivity index (χ0v) is 8.54. The molecule has 1 N–H and O–H groups in total. The first kappa shape index (κ1) is 10.8. The Morgan fingerprint density at radius 1 is 1.71 bits per heavy atom. The van der Waals surface area contributed by atoms with Crippen LogP contribution in [0.25, 0.3) is 0 Å². The number of carbonyl (C=O) groups is 1. The van der Waals surface area contributed by atoms with Gasteiger partial charge in [-0.15, -0.1) is 11.6 Å². The Bertz CT molecular complexity index is 333. The smallest absolute Gasteiger partial charge is 0.289 e. The van der Waals surface area contributed by atoms with Gasteiger partial charge in [0.1, 0.15) is 0 Å². The maximum Gasteiger partial charge on any atom is 0.289 e. The Kier molecular flexibility index (Phi) is 4.19. The van der Waals surface area contributed by atoms with Crippen LogP contribution in [-0.4, -0.2) is 23.3 Å². The van der Waals surface area contributed by atoms with E-state index in [1.54, 1.807) is 19.1 Å². The number of hydrogen-bond donors (Lipinski definition) is 1. The van der Waals surface area contributed by atoms with Gasteiger partial charge >= 0.3 is 0 Å². The summed E-state index contributed by atoms with van der Waals surface area (Å²) in [5, 5.41) is 2.64. The van der Waals surface area contributed by atoms with E-state index in [1.807, 2.05) is 0 Å². The molecular weight excluding hydrogens is 204 g/mol. The first-order valence-corrected chi connectivity index (χ1v) is 4.68. The highest BCUT2D eigenvalue weighted by Gasteiger charge is 2.11. The summed E-state index contributed by atoms with van der Waals surface area (Å²) in [5.74, 6) is 0.431. The molecule has 76 valence electrons. The molecule has 0 bridgehead atoms. The van der Waals surface area contributed by atoms with E-state index in [4.69, 9.17) is 16.0 Å². The molecule has 14 heavy (non-hydrogen) atoms. The third-order valence-electron chi connectivity index (χ3n) is 1.59. The van der Waals surface area contributed by atoms with Crippen LogP contribution in [-0.2, 0) is 0 Å². The van der Waals surface area contributed by atoms with Gasteiger partial charge in [-0.1, -0.05) is 12.2 Å². The van der Waals surface area contributed by atoms with Crippen LogP contribution < -0.4 is 5.32 Å². The lowest BCUT2D eigenvalue weighted by atomic mass is 10.3. The normalized spacial score (nSPS) is 10.7. The van der Waals surface area contributed by atoms with Crippen molar-refractivity contribution in [3.05, 3.63) is 30.0 Å². The maximum atomic E-state index is 11.4. The molecule has 0 radical (unpaired) electrons. The van der Waals surface area contributed by atoms with Crippen LogP contribution in [0.5, 0.6) is 0 Å². The Labute approximate surface area is 87.0 Å². The van der Waals surface area contributed by atoms with E-state index in [2.05, 4.69) is 10.3 Å². The van der Waals surface area contributed by atoms with Crippen LogP contribution in [0, 0.1) is 6.92 Å². The molecule has 0 atom stereocenters. The van der Waals surface area contributed by atoms with Crippen molar-refractivity contribution < 1.29 is 9.21 Å². The molecule has 5 heteroatoms. The van der Waals surface area contributed by atoms with Gasteiger partial charge in [0.05, 0.1) is 5.69 Å². The number of nitrogens with one attached hydrogen (secondary N) is 1. The number of alkyl halides is 1. The van der Waals surface area contributed by atoms with Gasteiger partial charge in [0, 0.05) is 12.4 Å². The highest BCUT2D eigenvalue weighted by atomic mass is 35.5. The van der Waals surface area contributed by atoms with E-state index in [0.717, 1.165) is 0 Å². The molecule has 1 rings (SSSR count). The average molecular weight is 215 g/mol. The van der Waals surface area contributed by atoms with Crippen LogP contribution in [0.15, 0.2) is 23.0 Å². The monoisotopic (exact) mass is 214 g/mol. The Hall–Kier alpha value is -1.29. The number of amides is 1. The largest absolute Gasteiger partial charge is 0.438 e. The summed E-state index contributed by atoms with van der Waals surface area (Å²) in [7, 11) is 0. The zero-order valence-electron chi connectivity index (χ0n) is 7.79. The van der Waals surface area contributed by atoms with Gasteiger partial charge in [-0.3, -0.25) is 4.79 Å². The topological polar surface area (TPSA) is 55.1 Å². The lowest BCUT2D eigenvalue weighted by Gasteiger charge is -1.98. The van der Waals surface area contributed by atoms with Gasteiger partial charge in [0.15, 0.2) is 6.39 Å². The minimum absolute atomic E-state index is 0.254. The summed E-state index contributed by atoms with van der Waals surface area (Å²) in [4.78, 5) is 15.2. The van der Waals surface area contributed by atoms with E-state index in [-0.39, 0.29) is 11.7 Å². The van der Waals surface area contributed by atoms with Gasteiger partial charge in [-0.25, -0.2) is 4.98 Å². The fourth-order valence-electron chi connectivity index (χ4n) is 0.898. The van der Waals surface area contributed by atoms with Crippen molar-refractivity contribution in [3.8, 4) is 0 Å². The minimum atomic E-state index is -0.265. The van der Waals surface area contributed by atoms with Crippen LogP contribution >= 0.6 is 11.6 Å². The standard InChI is InChI=1S/C9H11ClN2O2/c1-7-8(14-6-12-7)9(13)11-5-3-2-4-10/h2-3,6H,4-5H2,1H3,(H,11,13)/b3-2+. The predicted octanol–water partition coefficient (Wildman–Crippen LogP) is 1.51. The molecule has 0 saturated carbocycles. The number of halogens is 1. The molecule has 0 aliphatic rings. The molecule has 0 saturated heterocycles. The van der Waals surface area contributed by atoms with E-state index in [0.29, 0.717) is 18.1 Å². The van der Waals surface area contributed by atoms with E-state index in [1.165, 1.54) is 6.39 Å². The highest BCUT2D eigenvalue weighted by molar-refractivity contribution is 6.18. The van der Waals surface area contributed by atoms with Gasteiger partial charge in [-0.2, -0.15) is 0 Å². The van der Waals surface area contributed by atoms with Gasteiger partial charge in [0.25, 0.3) is 5.91 Å². The number of carbonyl (C=O) groups excluding carboxylic acids is 1. The fourth-order valence-corrected chi connectivity index (χ4v) is 1.02. The Morgan fingerprint density at radius 3 is 3.07 bits per heavy atom. The molecule has 0 unspecified atom stereocenters. The molecule has 1 aromatic rings. The first-order valence-electron chi connectivity index (χ1n) is 4.15. The summed E-state index contributed by atoms with van der Waals surface area (Å²) in [6.45, 7) is 2.15. The molecule has 1 aromatic heterocycles. The minimum Gasteiger partial charge on any atom is -0.438 e. The van der Waals surface area contributed by atoms with Crippen molar-refractivity contribution in [3.63, 3.8) is 0 Å². The summed E-state index contributed by atoms with van der Waals surface area (Å²) < 4.78 is 4.91. The van der Waals surface area contributed by atoms with E-state index in [9.17, 15) is 4.79 Å². The van der Waals surface area contributed by atoms with Crippen molar-refractivity contribution in [1.82, 2.24) is 10.3 Å². The van der Waals surface area contributed by atoms with Crippen LogP contribution in [0.1, 0.15) is 16.2 Å². The van der Waals surface area contributed by atoms with Gasteiger partial charge < -0.3 is 9.73 Å². The molecule has 1 heterocycles. The van der Waals surface area contributed by atoms with Crippen molar-refractivity contribution in [2.24, 2.45) is 0 Å². The number of hydrogen-bond acceptors (Lipinski definition) is 3. The van der Waals surface area contributed by atoms with Crippen molar-refractivity contribution in [1.29, 1.82) is 0 Å². The second kappa shape index (κ2) is 5.44. The molecular formula is C9H11ClN2O2. The summed E-state index contributed by atoms with van der Waals surface area (Å²) in [6.07, 6.45) is 4.78. The SMILES string of the molecule is Cc1ncoc1C(=O)NC/C=C/CCl. The highest BCUT2D eigenvalue weighted by Crippen LogP contribution is 2.03. The number of rotatable bonds is 4. The van der Waals surface area contributed by atoms with Gasteiger partial charge in [0.2, 0.25) is 5.76 Å². The van der Waals surface area contributed by atoms with Gasteiger partial charge in [-0.05, 0) is 6.92 Å². The van der Waals surface area contributed by atoms with E-state index >= 15 is 0 Å². The third-order valence-corrected chi connectivity index (χ3v) is 1.77. The number of aryl methyl sites for hydroxylation is 1. The summed E-state index contributed by atoms with van der Waals surface area (Å²) in [6, 6.07) is 0. The first-order chi connectivity index (χ1) is 6.75. The third kappa shape index (κ3) is 2.88. The van der Waals surface area contributed by atoms with E-state index < -0.39 is 0 Å². The average Bonchev–Trinajstić information content (AvgIpc) is 2.59. The molecule has 0 spiro atoms. The van der Waals surface area contributed by atoms with Crippen LogP contribution in [0.4, 0.5) is 0 Å². The summed E-state index contributed by atoms with van der Waals surface area (Å²) in [5.41, 5.74) is 0.587. The van der Waals surface area contributed by atoms with Crippen LogP contribution in [0.3, 0.4) is 0 Å². The Morgan fingerprint density at radius 2 is 2.50 bits per heavy atom. The molecule has 0 fully saturated rings. The van der Waals surface area contributed by atoms with Crippen molar-refractivity contribution in [2.45, 2.75) is 6.92 Å². The quantitative estimate of drug-likeness (QED) is 0.611. The molecule has 0 aliphatic heterocycles. The number of oxazole rings is 1.